The fourth-order valence-electron chi connectivity index (χ4n) is 4.24. The number of rotatable bonds is 3. The van der Waals surface area contributed by atoms with Gasteiger partial charge in [-0.2, -0.15) is 5.10 Å². The number of carbonyl (C=O) groups is 1. The van der Waals surface area contributed by atoms with Gasteiger partial charge in [0, 0.05) is 25.2 Å². The standard InChI is InChI=1S/C21H31IN6O3/c1-13-11-14(24-20(29)31-21(2,3)4)8-9-27(13)15-12-23-17-18(22)26-28(19(17)25-15)16-7-5-6-10-30-16/h12-14,16H,5-11H2,1-4H3,(H,24,29)/t13-,14+,16?/m1/s1. The minimum atomic E-state index is -0.496. The molecule has 1 amide bonds. The van der Waals surface area contributed by atoms with Gasteiger partial charge in [0.15, 0.2) is 15.6 Å². The molecule has 0 aliphatic carbocycles. The first-order valence-corrected chi connectivity index (χ1v) is 12.1. The summed E-state index contributed by atoms with van der Waals surface area (Å²) in [5.41, 5.74) is 1.09. The zero-order valence-electron chi connectivity index (χ0n) is 18.6. The smallest absolute Gasteiger partial charge is 0.407 e. The second-order valence-electron chi connectivity index (χ2n) is 9.37. The van der Waals surface area contributed by atoms with Crippen molar-refractivity contribution in [2.45, 2.75) is 83.7 Å². The number of piperidine rings is 1. The molecule has 2 aliphatic heterocycles. The van der Waals surface area contributed by atoms with Gasteiger partial charge < -0.3 is 19.7 Å². The largest absolute Gasteiger partial charge is 0.444 e. The number of ether oxygens (including phenoxy) is 2. The van der Waals surface area contributed by atoms with Crippen molar-refractivity contribution < 1.29 is 14.3 Å². The zero-order chi connectivity index (χ0) is 22.2. The van der Waals surface area contributed by atoms with Crippen LogP contribution in [0.1, 0.15) is 66.0 Å². The van der Waals surface area contributed by atoms with Gasteiger partial charge in [0.25, 0.3) is 0 Å². The minimum Gasteiger partial charge on any atom is -0.444 e. The van der Waals surface area contributed by atoms with E-state index < -0.39 is 5.60 Å². The van der Waals surface area contributed by atoms with E-state index in [0.717, 1.165) is 65.9 Å². The van der Waals surface area contributed by atoms with E-state index in [4.69, 9.17) is 14.5 Å². The molecule has 0 radical (unpaired) electrons. The molecular formula is C21H31IN6O3. The highest BCUT2D eigenvalue weighted by Crippen LogP contribution is 2.30. The summed E-state index contributed by atoms with van der Waals surface area (Å²) in [5.74, 6) is 0.837. The van der Waals surface area contributed by atoms with E-state index >= 15 is 0 Å². The molecule has 2 aromatic heterocycles. The fourth-order valence-corrected chi connectivity index (χ4v) is 4.85. The minimum absolute atomic E-state index is 0.0782. The van der Waals surface area contributed by atoms with Crippen molar-refractivity contribution in [2.75, 3.05) is 18.1 Å². The highest BCUT2D eigenvalue weighted by Gasteiger charge is 2.30. The van der Waals surface area contributed by atoms with Gasteiger partial charge in [-0.15, -0.1) is 0 Å². The monoisotopic (exact) mass is 542 g/mol. The van der Waals surface area contributed by atoms with Crippen molar-refractivity contribution in [3.63, 3.8) is 0 Å². The summed E-state index contributed by atoms with van der Waals surface area (Å²) in [6.07, 6.45) is 6.20. The highest BCUT2D eigenvalue weighted by molar-refractivity contribution is 14.1. The van der Waals surface area contributed by atoms with E-state index in [9.17, 15) is 4.79 Å². The average molecular weight is 542 g/mol. The maximum atomic E-state index is 12.1. The van der Waals surface area contributed by atoms with Gasteiger partial charge in [0.1, 0.15) is 16.9 Å². The van der Waals surface area contributed by atoms with Crippen LogP contribution in [0.4, 0.5) is 10.6 Å². The lowest BCUT2D eigenvalue weighted by Crippen LogP contribution is -2.50. The fraction of sp³-hybridized carbons (Fsp3) is 0.714. The highest BCUT2D eigenvalue weighted by atomic mass is 127. The Labute approximate surface area is 196 Å². The molecule has 2 aliphatic rings. The average Bonchev–Trinajstić information content (AvgIpc) is 3.03. The molecule has 0 bridgehead atoms. The number of anilines is 1. The molecular weight excluding hydrogens is 511 g/mol. The molecule has 2 saturated heterocycles. The zero-order valence-corrected chi connectivity index (χ0v) is 20.8. The van der Waals surface area contributed by atoms with Crippen LogP contribution < -0.4 is 10.2 Å². The quantitative estimate of drug-likeness (QED) is 0.586. The Hall–Kier alpha value is -1.69. The number of hydrogen-bond donors (Lipinski definition) is 1. The van der Waals surface area contributed by atoms with E-state index in [2.05, 4.69) is 49.8 Å². The van der Waals surface area contributed by atoms with Gasteiger partial charge in [-0.25, -0.2) is 19.4 Å². The molecule has 1 unspecified atom stereocenters. The van der Waals surface area contributed by atoms with Crippen LogP contribution in [-0.4, -0.2) is 56.7 Å². The Morgan fingerprint density at radius 3 is 2.81 bits per heavy atom. The maximum Gasteiger partial charge on any atom is 0.407 e. The molecule has 3 atom stereocenters. The topological polar surface area (TPSA) is 94.4 Å². The molecule has 31 heavy (non-hydrogen) atoms. The Bertz CT molecular complexity index is 937. The number of halogens is 1. The Kier molecular flexibility index (Phi) is 6.57. The van der Waals surface area contributed by atoms with Crippen molar-refractivity contribution in [3.05, 3.63) is 9.90 Å². The second-order valence-corrected chi connectivity index (χ2v) is 10.4. The van der Waals surface area contributed by atoms with Crippen LogP contribution in [0.2, 0.25) is 0 Å². The summed E-state index contributed by atoms with van der Waals surface area (Å²) < 4.78 is 14.1. The summed E-state index contributed by atoms with van der Waals surface area (Å²) in [7, 11) is 0. The van der Waals surface area contributed by atoms with Gasteiger partial charge >= 0.3 is 6.09 Å². The van der Waals surface area contributed by atoms with Gasteiger partial charge in [-0.3, -0.25) is 0 Å². The second kappa shape index (κ2) is 9.05. The van der Waals surface area contributed by atoms with Crippen molar-refractivity contribution in [2.24, 2.45) is 0 Å². The van der Waals surface area contributed by atoms with Gasteiger partial charge in [0.05, 0.1) is 6.20 Å². The van der Waals surface area contributed by atoms with Crippen LogP contribution in [0.5, 0.6) is 0 Å². The molecule has 10 heteroatoms. The molecule has 170 valence electrons. The summed E-state index contributed by atoms with van der Waals surface area (Å²) in [4.78, 5) is 24.0. The van der Waals surface area contributed by atoms with Crippen LogP contribution in [-0.2, 0) is 9.47 Å². The number of nitrogens with zero attached hydrogens (tertiary/aromatic N) is 5. The Balaban J connectivity index is 1.48. The first-order valence-electron chi connectivity index (χ1n) is 11.0. The number of aromatic nitrogens is 4. The van der Waals surface area contributed by atoms with Gasteiger partial charge in [0.2, 0.25) is 0 Å². The van der Waals surface area contributed by atoms with Crippen LogP contribution in [0.3, 0.4) is 0 Å². The molecule has 0 saturated carbocycles. The third kappa shape index (κ3) is 5.21. The molecule has 0 aromatic carbocycles. The normalized spacial score (nSPS) is 24.9. The van der Waals surface area contributed by atoms with Crippen LogP contribution in [0, 0.1) is 3.70 Å². The third-order valence-corrected chi connectivity index (χ3v) is 6.40. The summed E-state index contributed by atoms with van der Waals surface area (Å²) in [6, 6.07) is 0.293. The number of alkyl carbamates (subject to hydrolysis) is 1. The first-order chi connectivity index (χ1) is 14.7. The van der Waals surface area contributed by atoms with Gasteiger partial charge in [-0.05, 0) is 82.4 Å². The first kappa shape index (κ1) is 22.5. The molecule has 4 heterocycles. The van der Waals surface area contributed by atoms with Crippen molar-refractivity contribution >= 4 is 45.7 Å². The molecule has 2 fully saturated rings. The lowest BCUT2D eigenvalue weighted by molar-refractivity contribution is -0.0372. The van der Waals surface area contributed by atoms with E-state index in [-0.39, 0.29) is 24.4 Å². The molecule has 4 rings (SSSR count). The van der Waals surface area contributed by atoms with Gasteiger partial charge in [-0.1, -0.05) is 0 Å². The van der Waals surface area contributed by atoms with E-state index in [1.54, 1.807) is 0 Å². The lowest BCUT2D eigenvalue weighted by Gasteiger charge is -2.38. The third-order valence-electron chi connectivity index (χ3n) is 5.67. The lowest BCUT2D eigenvalue weighted by atomic mass is 9.98. The van der Waals surface area contributed by atoms with Crippen LogP contribution in [0.25, 0.3) is 11.2 Å². The van der Waals surface area contributed by atoms with E-state index in [1.807, 2.05) is 31.6 Å². The van der Waals surface area contributed by atoms with Crippen molar-refractivity contribution in [1.29, 1.82) is 0 Å². The van der Waals surface area contributed by atoms with Crippen LogP contribution in [0.15, 0.2) is 6.20 Å². The van der Waals surface area contributed by atoms with Crippen molar-refractivity contribution in [1.82, 2.24) is 25.1 Å². The van der Waals surface area contributed by atoms with E-state index in [0.29, 0.717) is 0 Å². The molecule has 0 spiro atoms. The maximum absolute atomic E-state index is 12.1. The predicted molar refractivity (Wildman–Crippen MR) is 126 cm³/mol. The Morgan fingerprint density at radius 1 is 1.32 bits per heavy atom. The van der Waals surface area contributed by atoms with Crippen molar-refractivity contribution in [3.8, 4) is 0 Å². The number of carbonyl (C=O) groups excluding carboxylic acids is 1. The number of amides is 1. The van der Waals surface area contributed by atoms with Crippen LogP contribution >= 0.6 is 22.6 Å². The number of nitrogens with one attached hydrogen (secondary N) is 1. The number of fused-ring (bicyclic) bond motifs is 1. The van der Waals surface area contributed by atoms with E-state index in [1.165, 1.54) is 0 Å². The summed E-state index contributed by atoms with van der Waals surface area (Å²) in [6.45, 7) is 9.31. The summed E-state index contributed by atoms with van der Waals surface area (Å²) in [5, 5.41) is 7.67. The number of hydrogen-bond acceptors (Lipinski definition) is 7. The molecule has 1 N–H and O–H groups in total. The predicted octanol–water partition coefficient (Wildman–Crippen LogP) is 4.01. The Morgan fingerprint density at radius 2 is 2.13 bits per heavy atom. The molecule has 9 nitrogen and oxygen atoms in total. The SMILES string of the molecule is C[C@@H]1C[C@@H](NC(=O)OC(C)(C)C)CCN1c1cnc2c(I)nn(C3CCCCO3)c2n1. The summed E-state index contributed by atoms with van der Waals surface area (Å²) >= 11 is 2.21. The molecule has 2 aromatic rings.